The van der Waals surface area contributed by atoms with Gasteiger partial charge in [0.15, 0.2) is 0 Å². The SMILES string of the molecule is CCNCCC(=O)OCOC(=O)CCNCC. The molecule has 0 radical (unpaired) electrons. The van der Waals surface area contributed by atoms with Gasteiger partial charge in [-0.15, -0.1) is 0 Å². The topological polar surface area (TPSA) is 76.7 Å². The van der Waals surface area contributed by atoms with E-state index >= 15 is 0 Å². The van der Waals surface area contributed by atoms with Gasteiger partial charge in [-0.3, -0.25) is 9.59 Å². The third-order valence-corrected chi connectivity index (χ3v) is 1.95. The Balaban J connectivity index is 3.36. The quantitative estimate of drug-likeness (QED) is 0.322. The van der Waals surface area contributed by atoms with Crippen LogP contribution in [0.2, 0.25) is 0 Å². The smallest absolute Gasteiger partial charge is 0.309 e. The van der Waals surface area contributed by atoms with Crippen LogP contribution < -0.4 is 10.6 Å². The number of rotatable bonds is 10. The molecule has 0 aliphatic heterocycles. The average molecular weight is 246 g/mol. The molecular weight excluding hydrogens is 224 g/mol. The highest BCUT2D eigenvalue weighted by Crippen LogP contribution is 1.89. The normalized spacial score (nSPS) is 10.0. The van der Waals surface area contributed by atoms with Crippen LogP contribution in [0.15, 0.2) is 0 Å². The summed E-state index contributed by atoms with van der Waals surface area (Å²) in [6, 6.07) is 0. The minimum Gasteiger partial charge on any atom is -0.428 e. The van der Waals surface area contributed by atoms with Crippen LogP contribution in [0.25, 0.3) is 0 Å². The van der Waals surface area contributed by atoms with Gasteiger partial charge in [0.1, 0.15) is 0 Å². The molecule has 17 heavy (non-hydrogen) atoms. The molecule has 0 heterocycles. The lowest BCUT2D eigenvalue weighted by Gasteiger charge is -2.06. The molecule has 0 saturated carbocycles. The Morgan fingerprint density at radius 1 is 0.882 bits per heavy atom. The van der Waals surface area contributed by atoms with Crippen molar-refractivity contribution in [3.8, 4) is 0 Å². The second kappa shape index (κ2) is 11.3. The van der Waals surface area contributed by atoms with Gasteiger partial charge in [0.25, 0.3) is 0 Å². The summed E-state index contributed by atoms with van der Waals surface area (Å²) in [6.07, 6.45) is 0.561. The average Bonchev–Trinajstić information content (AvgIpc) is 2.30. The van der Waals surface area contributed by atoms with Crippen molar-refractivity contribution in [3.05, 3.63) is 0 Å². The third kappa shape index (κ3) is 11.1. The second-order valence-electron chi connectivity index (χ2n) is 3.36. The lowest BCUT2D eigenvalue weighted by Crippen LogP contribution is -2.21. The first kappa shape index (κ1) is 15.9. The molecule has 0 fully saturated rings. The van der Waals surface area contributed by atoms with Gasteiger partial charge >= 0.3 is 11.9 Å². The first-order valence-electron chi connectivity index (χ1n) is 5.93. The maximum Gasteiger partial charge on any atom is 0.309 e. The molecule has 0 aromatic carbocycles. The van der Waals surface area contributed by atoms with Crippen LogP contribution in [0, 0.1) is 0 Å². The second-order valence-corrected chi connectivity index (χ2v) is 3.36. The first-order valence-corrected chi connectivity index (χ1v) is 5.93. The van der Waals surface area contributed by atoms with Crippen LogP contribution >= 0.6 is 0 Å². The van der Waals surface area contributed by atoms with Gasteiger partial charge in [0.2, 0.25) is 6.79 Å². The number of nitrogens with one attached hydrogen (secondary N) is 2. The van der Waals surface area contributed by atoms with E-state index in [0.29, 0.717) is 13.1 Å². The Morgan fingerprint density at radius 3 is 1.65 bits per heavy atom. The number of hydrogen-bond donors (Lipinski definition) is 2. The fourth-order valence-electron chi connectivity index (χ4n) is 1.04. The Morgan fingerprint density at radius 2 is 1.29 bits per heavy atom. The zero-order valence-electron chi connectivity index (χ0n) is 10.6. The molecule has 0 unspecified atom stereocenters. The zero-order chi connectivity index (χ0) is 12.9. The van der Waals surface area contributed by atoms with Crippen LogP contribution in [0.3, 0.4) is 0 Å². The number of carbonyl (C=O) groups is 2. The number of ether oxygens (including phenoxy) is 2. The van der Waals surface area contributed by atoms with E-state index in [-0.39, 0.29) is 31.6 Å². The van der Waals surface area contributed by atoms with Crippen molar-refractivity contribution in [2.24, 2.45) is 0 Å². The Hall–Kier alpha value is -1.14. The summed E-state index contributed by atoms with van der Waals surface area (Å²) in [5, 5.41) is 5.99. The maximum atomic E-state index is 11.1. The largest absolute Gasteiger partial charge is 0.428 e. The first-order chi connectivity index (χ1) is 8.20. The molecule has 0 aliphatic carbocycles. The fraction of sp³-hybridized carbons (Fsp3) is 0.818. The maximum absolute atomic E-state index is 11.1. The minimum absolute atomic E-state index is 0.281. The van der Waals surface area contributed by atoms with Crippen LogP contribution in [-0.4, -0.2) is 44.9 Å². The molecule has 0 amide bonds. The Bertz CT molecular complexity index is 200. The van der Waals surface area contributed by atoms with E-state index in [1.165, 1.54) is 0 Å². The van der Waals surface area contributed by atoms with E-state index in [0.717, 1.165) is 13.1 Å². The van der Waals surface area contributed by atoms with Crippen LogP contribution in [0.4, 0.5) is 0 Å². The molecule has 0 aliphatic rings. The van der Waals surface area contributed by atoms with Crippen molar-refractivity contribution in [2.45, 2.75) is 26.7 Å². The number of hydrogen-bond acceptors (Lipinski definition) is 6. The molecule has 2 N–H and O–H groups in total. The van der Waals surface area contributed by atoms with Crippen molar-refractivity contribution < 1.29 is 19.1 Å². The van der Waals surface area contributed by atoms with Gasteiger partial charge in [-0.1, -0.05) is 13.8 Å². The molecule has 100 valence electrons. The molecule has 0 saturated heterocycles. The number of esters is 2. The summed E-state index contributed by atoms with van der Waals surface area (Å²) in [5.41, 5.74) is 0. The predicted molar refractivity (Wildman–Crippen MR) is 63.4 cm³/mol. The molecule has 0 aromatic heterocycles. The lowest BCUT2D eigenvalue weighted by atomic mass is 10.4. The minimum atomic E-state index is -0.370. The molecular formula is C11H22N2O4. The fourth-order valence-corrected chi connectivity index (χ4v) is 1.04. The van der Waals surface area contributed by atoms with E-state index in [9.17, 15) is 9.59 Å². The summed E-state index contributed by atoms with van der Waals surface area (Å²) in [7, 11) is 0. The molecule has 0 bridgehead atoms. The summed E-state index contributed by atoms with van der Waals surface area (Å²) < 4.78 is 9.45. The van der Waals surface area contributed by atoms with Crippen molar-refractivity contribution in [1.82, 2.24) is 10.6 Å². The molecule has 0 spiro atoms. The van der Waals surface area contributed by atoms with Crippen LogP contribution in [0.5, 0.6) is 0 Å². The van der Waals surface area contributed by atoms with Crippen LogP contribution in [0.1, 0.15) is 26.7 Å². The van der Waals surface area contributed by atoms with E-state index < -0.39 is 0 Å². The van der Waals surface area contributed by atoms with Gasteiger partial charge < -0.3 is 20.1 Å². The van der Waals surface area contributed by atoms with E-state index in [1.807, 2.05) is 13.8 Å². The third-order valence-electron chi connectivity index (χ3n) is 1.95. The lowest BCUT2D eigenvalue weighted by molar-refractivity contribution is -0.166. The Labute approximate surface area is 102 Å². The van der Waals surface area contributed by atoms with Crippen molar-refractivity contribution >= 4 is 11.9 Å². The van der Waals surface area contributed by atoms with Gasteiger partial charge in [-0.2, -0.15) is 0 Å². The van der Waals surface area contributed by atoms with Crippen molar-refractivity contribution in [2.75, 3.05) is 33.0 Å². The zero-order valence-corrected chi connectivity index (χ0v) is 10.6. The Kier molecular flexibility index (Phi) is 10.6. The van der Waals surface area contributed by atoms with Crippen LogP contribution in [-0.2, 0) is 19.1 Å². The highest BCUT2D eigenvalue weighted by Gasteiger charge is 2.05. The molecule has 6 heteroatoms. The highest BCUT2D eigenvalue weighted by molar-refractivity contribution is 5.71. The summed E-state index contributed by atoms with van der Waals surface area (Å²) in [4.78, 5) is 22.2. The van der Waals surface area contributed by atoms with E-state index in [2.05, 4.69) is 10.6 Å². The summed E-state index contributed by atoms with van der Waals surface area (Å²) in [6.45, 7) is 6.39. The van der Waals surface area contributed by atoms with Gasteiger partial charge in [0.05, 0.1) is 12.8 Å². The monoisotopic (exact) mass is 246 g/mol. The summed E-state index contributed by atoms with van der Waals surface area (Å²) >= 11 is 0. The van der Waals surface area contributed by atoms with Crippen molar-refractivity contribution in [1.29, 1.82) is 0 Å². The standard InChI is InChI=1S/C11H22N2O4/c1-3-12-7-5-10(14)16-9-17-11(15)6-8-13-4-2/h12-13H,3-9H2,1-2H3. The van der Waals surface area contributed by atoms with Gasteiger partial charge in [-0.25, -0.2) is 0 Å². The molecule has 6 nitrogen and oxygen atoms in total. The van der Waals surface area contributed by atoms with Gasteiger partial charge in [-0.05, 0) is 13.1 Å². The van der Waals surface area contributed by atoms with Gasteiger partial charge in [0, 0.05) is 13.1 Å². The predicted octanol–water partition coefficient (Wildman–Crippen LogP) is 0.0295. The molecule has 0 rings (SSSR count). The molecule has 0 aromatic rings. The molecule has 0 atom stereocenters. The van der Waals surface area contributed by atoms with Crippen molar-refractivity contribution in [3.63, 3.8) is 0 Å². The number of carbonyl (C=O) groups excluding carboxylic acids is 2. The summed E-state index contributed by atoms with van der Waals surface area (Å²) in [5.74, 6) is -0.740. The van der Waals surface area contributed by atoms with E-state index in [4.69, 9.17) is 9.47 Å². The highest BCUT2D eigenvalue weighted by atomic mass is 16.7. The van der Waals surface area contributed by atoms with E-state index in [1.54, 1.807) is 0 Å².